The second kappa shape index (κ2) is 13.9. The number of rotatable bonds is 4. The van der Waals surface area contributed by atoms with E-state index < -0.39 is 6.04 Å². The number of hydrogen-bond acceptors (Lipinski definition) is 6. The third kappa shape index (κ3) is 7.65. The zero-order valence-electron chi connectivity index (χ0n) is 22.0. The van der Waals surface area contributed by atoms with Gasteiger partial charge in [0.15, 0.2) is 0 Å². The van der Waals surface area contributed by atoms with Gasteiger partial charge in [0.25, 0.3) is 5.91 Å². The van der Waals surface area contributed by atoms with Gasteiger partial charge in [0.05, 0.1) is 13.2 Å². The number of amides is 2. The van der Waals surface area contributed by atoms with Crippen LogP contribution in [0.1, 0.15) is 75.1 Å². The Morgan fingerprint density at radius 3 is 2.61 bits per heavy atom. The fourth-order valence-electron chi connectivity index (χ4n) is 5.87. The summed E-state index contributed by atoms with van der Waals surface area (Å²) in [5, 5.41) is 2.97. The summed E-state index contributed by atoms with van der Waals surface area (Å²) in [5.74, 6) is 1.38. The van der Waals surface area contributed by atoms with Crippen molar-refractivity contribution in [3.63, 3.8) is 0 Å². The summed E-state index contributed by atoms with van der Waals surface area (Å²) in [6.45, 7) is 8.15. The first kappa shape index (κ1) is 26.9. The van der Waals surface area contributed by atoms with Crippen molar-refractivity contribution in [3.05, 3.63) is 23.9 Å². The summed E-state index contributed by atoms with van der Waals surface area (Å²) in [6, 6.07) is 2.88. The van der Waals surface area contributed by atoms with Gasteiger partial charge in [-0.05, 0) is 56.1 Å². The maximum Gasteiger partial charge on any atom is 0.257 e. The lowest BCUT2D eigenvalue weighted by molar-refractivity contribution is -0.135. The molecule has 3 aliphatic heterocycles. The van der Waals surface area contributed by atoms with Crippen molar-refractivity contribution in [3.8, 4) is 5.88 Å². The quantitative estimate of drug-likeness (QED) is 0.637. The molecule has 1 atom stereocenters. The van der Waals surface area contributed by atoms with E-state index in [1.165, 1.54) is 32.1 Å². The van der Waals surface area contributed by atoms with Crippen LogP contribution in [0.4, 0.5) is 0 Å². The molecular weight excluding hydrogens is 456 g/mol. The molecule has 1 saturated carbocycles. The Hall–Kier alpha value is -2.19. The highest BCUT2D eigenvalue weighted by molar-refractivity contribution is 5.99. The second-order valence-electron chi connectivity index (χ2n) is 10.7. The molecule has 0 unspecified atom stereocenters. The van der Waals surface area contributed by atoms with Gasteiger partial charge in [-0.2, -0.15) is 0 Å². The third-order valence-electron chi connectivity index (χ3n) is 7.90. The molecule has 0 radical (unpaired) electrons. The minimum Gasteiger partial charge on any atom is -0.475 e. The van der Waals surface area contributed by atoms with Gasteiger partial charge in [0.1, 0.15) is 18.2 Å². The largest absolute Gasteiger partial charge is 0.475 e. The van der Waals surface area contributed by atoms with Gasteiger partial charge in [-0.25, -0.2) is 4.98 Å². The first-order valence-corrected chi connectivity index (χ1v) is 14.1. The number of pyridine rings is 1. The Kier molecular flexibility index (Phi) is 10.4. The molecule has 1 saturated heterocycles. The number of fused-ring (bicyclic) bond motifs is 12. The summed E-state index contributed by atoms with van der Waals surface area (Å²) >= 11 is 0. The maximum absolute atomic E-state index is 13.4. The van der Waals surface area contributed by atoms with Crippen LogP contribution in [0, 0.1) is 11.8 Å². The van der Waals surface area contributed by atoms with Crippen LogP contribution in [0.2, 0.25) is 0 Å². The van der Waals surface area contributed by atoms with Crippen molar-refractivity contribution >= 4 is 11.8 Å². The van der Waals surface area contributed by atoms with Crippen molar-refractivity contribution in [2.24, 2.45) is 11.8 Å². The van der Waals surface area contributed by atoms with Gasteiger partial charge < -0.3 is 24.6 Å². The number of nitrogens with one attached hydrogen (secondary N) is 1. The molecule has 4 aliphatic rings. The highest BCUT2D eigenvalue weighted by Gasteiger charge is 2.31. The van der Waals surface area contributed by atoms with E-state index in [1.807, 2.05) is 11.8 Å². The monoisotopic (exact) mass is 500 g/mol. The van der Waals surface area contributed by atoms with Gasteiger partial charge in [0, 0.05) is 38.9 Å². The van der Waals surface area contributed by atoms with Gasteiger partial charge in [-0.3, -0.25) is 9.59 Å². The van der Waals surface area contributed by atoms with Gasteiger partial charge >= 0.3 is 0 Å². The van der Waals surface area contributed by atoms with Crippen LogP contribution in [0.15, 0.2) is 18.3 Å². The lowest BCUT2D eigenvalue weighted by Crippen LogP contribution is -2.51. The molecule has 8 nitrogen and oxygen atoms in total. The number of ether oxygens (including phenoxy) is 2. The molecule has 4 heterocycles. The lowest BCUT2D eigenvalue weighted by atomic mass is 9.88. The van der Waals surface area contributed by atoms with Crippen LogP contribution >= 0.6 is 0 Å². The zero-order valence-corrected chi connectivity index (χ0v) is 22.0. The summed E-state index contributed by atoms with van der Waals surface area (Å²) in [6.07, 6.45) is 11.9. The first-order chi connectivity index (χ1) is 17.6. The fraction of sp³-hybridized carbons (Fsp3) is 0.750. The standard InChI is InChI=1S/C28H44N4O4/c1-2-7-25-28(34)32-14-11-23(12-15-32)21-31(20-22-8-4-3-5-9-22)16-17-35-18-19-36-27-24(26(33)30-25)10-6-13-29-27/h6,10,13,22-23,25H,2-5,7-9,11-12,14-21H2,1H3,(H,30,33)/t25-/m1/s1. The van der Waals surface area contributed by atoms with Crippen molar-refractivity contribution in [1.29, 1.82) is 0 Å². The van der Waals surface area contributed by atoms with Crippen molar-refractivity contribution < 1.29 is 19.1 Å². The molecule has 1 aromatic rings. The zero-order chi connectivity index (χ0) is 25.2. The van der Waals surface area contributed by atoms with Crippen LogP contribution in [0.5, 0.6) is 5.88 Å². The highest BCUT2D eigenvalue weighted by Crippen LogP contribution is 2.26. The molecule has 2 fully saturated rings. The molecule has 2 amide bonds. The fourth-order valence-corrected chi connectivity index (χ4v) is 5.87. The molecule has 0 spiro atoms. The molecule has 1 aliphatic carbocycles. The molecular formula is C28H44N4O4. The predicted molar refractivity (Wildman–Crippen MR) is 139 cm³/mol. The summed E-state index contributed by atoms with van der Waals surface area (Å²) in [7, 11) is 0. The van der Waals surface area contributed by atoms with E-state index in [-0.39, 0.29) is 17.7 Å². The first-order valence-electron chi connectivity index (χ1n) is 14.1. The summed E-state index contributed by atoms with van der Waals surface area (Å²) < 4.78 is 11.8. The van der Waals surface area contributed by atoms with E-state index in [0.717, 1.165) is 57.9 Å². The number of hydrogen-bond donors (Lipinski definition) is 1. The Morgan fingerprint density at radius 1 is 1.03 bits per heavy atom. The van der Waals surface area contributed by atoms with Crippen LogP contribution < -0.4 is 10.1 Å². The van der Waals surface area contributed by atoms with Gasteiger partial charge in [-0.15, -0.1) is 0 Å². The third-order valence-corrected chi connectivity index (χ3v) is 7.90. The molecule has 2 bridgehead atoms. The summed E-state index contributed by atoms with van der Waals surface area (Å²) in [5.41, 5.74) is 0.352. The van der Waals surface area contributed by atoms with Crippen molar-refractivity contribution in [2.75, 3.05) is 52.5 Å². The number of carbonyl (C=O) groups excluding carboxylic acids is 2. The molecule has 0 aromatic carbocycles. The van der Waals surface area contributed by atoms with E-state index in [0.29, 0.717) is 37.7 Å². The number of aromatic nitrogens is 1. The van der Waals surface area contributed by atoms with Crippen LogP contribution in [-0.2, 0) is 9.53 Å². The number of piperidine rings is 1. The minimum absolute atomic E-state index is 0.0311. The molecule has 5 rings (SSSR count). The van der Waals surface area contributed by atoms with E-state index in [1.54, 1.807) is 18.3 Å². The average Bonchev–Trinajstić information content (AvgIpc) is 2.90. The smallest absolute Gasteiger partial charge is 0.257 e. The molecule has 1 aromatic heterocycles. The van der Waals surface area contributed by atoms with Crippen LogP contribution in [0.3, 0.4) is 0 Å². The van der Waals surface area contributed by atoms with E-state index >= 15 is 0 Å². The predicted octanol–water partition coefficient (Wildman–Crippen LogP) is 3.51. The van der Waals surface area contributed by atoms with Gasteiger partial charge in [-0.1, -0.05) is 32.6 Å². The van der Waals surface area contributed by atoms with E-state index in [4.69, 9.17) is 9.47 Å². The number of carbonyl (C=O) groups is 2. The Balaban J connectivity index is 1.46. The highest BCUT2D eigenvalue weighted by atomic mass is 16.5. The Labute approximate surface area is 216 Å². The molecule has 36 heavy (non-hydrogen) atoms. The topological polar surface area (TPSA) is 84.0 Å². The Bertz CT molecular complexity index is 837. The normalized spacial score (nSPS) is 26.0. The number of nitrogens with zero attached hydrogens (tertiary/aromatic N) is 3. The molecule has 1 N–H and O–H groups in total. The van der Waals surface area contributed by atoms with E-state index in [2.05, 4.69) is 15.2 Å². The molecule has 200 valence electrons. The SMILES string of the molecule is CCC[C@H]1NC(=O)c2cccnc2OCCOCCN(CC2CCCCC2)CC2CCN(CC2)C1=O. The van der Waals surface area contributed by atoms with Crippen LogP contribution in [-0.4, -0.2) is 85.2 Å². The maximum atomic E-state index is 13.4. The minimum atomic E-state index is -0.530. The summed E-state index contributed by atoms with van der Waals surface area (Å²) in [4.78, 5) is 35.3. The van der Waals surface area contributed by atoms with Gasteiger partial charge in [0.2, 0.25) is 11.8 Å². The molecule has 8 heteroatoms. The lowest BCUT2D eigenvalue weighted by Gasteiger charge is -2.37. The van der Waals surface area contributed by atoms with Crippen LogP contribution in [0.25, 0.3) is 0 Å². The van der Waals surface area contributed by atoms with Crippen molar-refractivity contribution in [2.45, 2.75) is 70.8 Å². The van der Waals surface area contributed by atoms with Crippen molar-refractivity contribution in [1.82, 2.24) is 20.1 Å². The second-order valence-corrected chi connectivity index (χ2v) is 10.7. The van der Waals surface area contributed by atoms with E-state index in [9.17, 15) is 9.59 Å². The average molecular weight is 501 g/mol. The Morgan fingerprint density at radius 2 is 1.83 bits per heavy atom.